The second-order valence-electron chi connectivity index (χ2n) is 6.29. The molecular formula is C20H21N3OS3. The summed E-state index contributed by atoms with van der Waals surface area (Å²) in [6.07, 6.45) is 0. The van der Waals surface area contributed by atoms with Gasteiger partial charge in [-0.05, 0) is 36.8 Å². The molecule has 2 aromatic carbocycles. The maximum Gasteiger partial charge on any atom is 0.257 e. The number of rotatable bonds is 7. The Morgan fingerprint density at radius 1 is 1.07 bits per heavy atom. The fourth-order valence-electron chi connectivity index (χ4n) is 2.23. The Morgan fingerprint density at radius 2 is 1.78 bits per heavy atom. The molecule has 0 unspecified atom stereocenters. The minimum absolute atomic E-state index is 0.162. The number of carbonyl (C=O) groups is 1. The molecule has 7 heteroatoms. The van der Waals surface area contributed by atoms with E-state index in [1.54, 1.807) is 23.5 Å². The van der Waals surface area contributed by atoms with Gasteiger partial charge in [0.25, 0.3) is 5.91 Å². The number of hydrogen-bond acceptors (Lipinski definition) is 6. The summed E-state index contributed by atoms with van der Waals surface area (Å²) in [5, 5.41) is 11.9. The van der Waals surface area contributed by atoms with Crippen molar-refractivity contribution in [2.75, 3.05) is 5.32 Å². The van der Waals surface area contributed by atoms with E-state index in [2.05, 4.69) is 60.6 Å². The van der Waals surface area contributed by atoms with Crippen LogP contribution in [0.25, 0.3) is 0 Å². The van der Waals surface area contributed by atoms with Crippen molar-refractivity contribution in [2.45, 2.75) is 41.0 Å². The molecule has 27 heavy (non-hydrogen) atoms. The average molecular weight is 416 g/mol. The van der Waals surface area contributed by atoms with Crippen molar-refractivity contribution >= 4 is 45.9 Å². The zero-order valence-electron chi connectivity index (χ0n) is 15.4. The van der Waals surface area contributed by atoms with Crippen LogP contribution in [0.3, 0.4) is 0 Å². The molecule has 0 fully saturated rings. The van der Waals surface area contributed by atoms with Crippen LogP contribution in [-0.4, -0.2) is 21.4 Å². The fourth-order valence-corrected chi connectivity index (χ4v) is 5.06. The summed E-state index contributed by atoms with van der Waals surface area (Å²) in [6, 6.07) is 16.2. The van der Waals surface area contributed by atoms with E-state index in [0.29, 0.717) is 15.9 Å². The van der Waals surface area contributed by atoms with Gasteiger partial charge < -0.3 is 0 Å². The van der Waals surface area contributed by atoms with Crippen LogP contribution in [0.1, 0.15) is 35.3 Å². The maximum atomic E-state index is 12.4. The summed E-state index contributed by atoms with van der Waals surface area (Å²) in [6.45, 7) is 6.29. The molecule has 1 N–H and O–H groups in total. The molecule has 0 bridgehead atoms. The van der Waals surface area contributed by atoms with Crippen LogP contribution in [0.5, 0.6) is 0 Å². The van der Waals surface area contributed by atoms with Crippen molar-refractivity contribution in [1.82, 2.24) is 10.2 Å². The van der Waals surface area contributed by atoms with E-state index in [0.717, 1.165) is 10.1 Å². The van der Waals surface area contributed by atoms with E-state index in [9.17, 15) is 4.79 Å². The van der Waals surface area contributed by atoms with Crippen LogP contribution in [0.15, 0.2) is 57.8 Å². The number of nitrogens with one attached hydrogen (secondary N) is 1. The number of anilines is 1. The summed E-state index contributed by atoms with van der Waals surface area (Å²) < 4.78 is 0.865. The third-order valence-corrected chi connectivity index (χ3v) is 6.62. The monoisotopic (exact) mass is 415 g/mol. The highest BCUT2D eigenvalue weighted by Gasteiger charge is 2.11. The SMILES string of the molecule is Cc1ccc(SCc2ccc(C(=O)Nc3nnc(SC(C)C)s3)cc2)cc1. The van der Waals surface area contributed by atoms with Gasteiger partial charge in [0.2, 0.25) is 5.13 Å². The summed E-state index contributed by atoms with van der Waals surface area (Å²) in [5.74, 6) is 0.710. The van der Waals surface area contributed by atoms with Gasteiger partial charge in [0, 0.05) is 21.5 Å². The van der Waals surface area contributed by atoms with Gasteiger partial charge in [0.15, 0.2) is 4.34 Å². The zero-order valence-corrected chi connectivity index (χ0v) is 17.9. The Morgan fingerprint density at radius 3 is 2.44 bits per heavy atom. The molecule has 0 saturated heterocycles. The minimum atomic E-state index is -0.162. The summed E-state index contributed by atoms with van der Waals surface area (Å²) in [7, 11) is 0. The quantitative estimate of drug-likeness (QED) is 0.385. The molecule has 140 valence electrons. The highest BCUT2D eigenvalue weighted by atomic mass is 32.2. The molecule has 4 nitrogen and oxygen atoms in total. The summed E-state index contributed by atoms with van der Waals surface area (Å²) >= 11 is 4.83. The highest BCUT2D eigenvalue weighted by Crippen LogP contribution is 2.29. The molecule has 0 radical (unpaired) electrons. The van der Waals surface area contributed by atoms with Crippen molar-refractivity contribution in [3.8, 4) is 0 Å². The van der Waals surface area contributed by atoms with Gasteiger partial charge in [-0.1, -0.05) is 66.8 Å². The van der Waals surface area contributed by atoms with Gasteiger partial charge in [0.1, 0.15) is 0 Å². The van der Waals surface area contributed by atoms with Crippen LogP contribution >= 0.6 is 34.9 Å². The van der Waals surface area contributed by atoms with Crippen LogP contribution < -0.4 is 5.32 Å². The molecule has 0 atom stereocenters. The first-order valence-corrected chi connectivity index (χ1v) is 11.3. The first-order chi connectivity index (χ1) is 13.0. The third kappa shape index (κ3) is 6.09. The normalized spacial score (nSPS) is 11.0. The minimum Gasteiger partial charge on any atom is -0.296 e. The molecule has 1 aromatic heterocycles. The zero-order chi connectivity index (χ0) is 19.2. The molecule has 3 rings (SSSR count). The predicted octanol–water partition coefficient (Wildman–Crippen LogP) is 5.89. The topological polar surface area (TPSA) is 54.9 Å². The number of thioether (sulfide) groups is 2. The van der Waals surface area contributed by atoms with Crippen LogP contribution in [0, 0.1) is 6.92 Å². The molecule has 1 heterocycles. The molecule has 1 amide bonds. The largest absolute Gasteiger partial charge is 0.296 e. The molecule has 0 aliphatic rings. The van der Waals surface area contributed by atoms with E-state index in [1.165, 1.54) is 27.4 Å². The van der Waals surface area contributed by atoms with Gasteiger partial charge in [0.05, 0.1) is 0 Å². The molecule has 0 saturated carbocycles. The second-order valence-corrected chi connectivity index (χ2v) is 10.1. The highest BCUT2D eigenvalue weighted by molar-refractivity contribution is 8.01. The lowest BCUT2D eigenvalue weighted by Crippen LogP contribution is -2.11. The molecule has 3 aromatic rings. The number of hydrogen-bond donors (Lipinski definition) is 1. The number of aromatic nitrogens is 2. The Hall–Kier alpha value is -1.83. The van der Waals surface area contributed by atoms with Crippen LogP contribution in [0.2, 0.25) is 0 Å². The van der Waals surface area contributed by atoms with Gasteiger partial charge in [-0.25, -0.2) is 0 Å². The standard InChI is InChI=1S/C20H21N3OS3/c1-13(2)26-20-23-22-19(27-20)21-18(24)16-8-6-15(7-9-16)12-25-17-10-4-14(3)5-11-17/h4-11,13H,12H2,1-3H3,(H,21,22,24). The molecular weight excluding hydrogens is 394 g/mol. The lowest BCUT2D eigenvalue weighted by atomic mass is 10.1. The number of aryl methyl sites for hydroxylation is 1. The van der Waals surface area contributed by atoms with E-state index in [-0.39, 0.29) is 5.91 Å². The Labute approximate surface area is 172 Å². The van der Waals surface area contributed by atoms with E-state index < -0.39 is 0 Å². The molecule has 0 aliphatic carbocycles. The number of benzene rings is 2. The number of amides is 1. The van der Waals surface area contributed by atoms with Crippen molar-refractivity contribution < 1.29 is 4.79 Å². The molecule has 0 spiro atoms. The van der Waals surface area contributed by atoms with Gasteiger partial charge in [-0.2, -0.15) is 0 Å². The maximum absolute atomic E-state index is 12.4. The average Bonchev–Trinajstić information content (AvgIpc) is 3.07. The van der Waals surface area contributed by atoms with E-state index in [4.69, 9.17) is 0 Å². The van der Waals surface area contributed by atoms with Crippen molar-refractivity contribution in [3.05, 3.63) is 65.2 Å². The number of carbonyl (C=O) groups excluding carboxylic acids is 1. The first kappa shape index (κ1) is 19.9. The second kappa shape index (κ2) is 9.39. The van der Waals surface area contributed by atoms with Gasteiger partial charge in [-0.15, -0.1) is 22.0 Å². The number of nitrogens with zero attached hydrogens (tertiary/aromatic N) is 2. The van der Waals surface area contributed by atoms with Gasteiger partial charge >= 0.3 is 0 Å². The van der Waals surface area contributed by atoms with Crippen LogP contribution in [-0.2, 0) is 5.75 Å². The van der Waals surface area contributed by atoms with Crippen molar-refractivity contribution in [2.24, 2.45) is 0 Å². The van der Waals surface area contributed by atoms with Crippen LogP contribution in [0.4, 0.5) is 5.13 Å². The molecule has 0 aliphatic heterocycles. The van der Waals surface area contributed by atoms with Crippen molar-refractivity contribution in [3.63, 3.8) is 0 Å². The smallest absolute Gasteiger partial charge is 0.257 e. The van der Waals surface area contributed by atoms with E-state index >= 15 is 0 Å². The van der Waals surface area contributed by atoms with Crippen molar-refractivity contribution in [1.29, 1.82) is 0 Å². The first-order valence-electron chi connectivity index (χ1n) is 8.59. The van der Waals surface area contributed by atoms with Gasteiger partial charge in [-0.3, -0.25) is 10.1 Å². The lowest BCUT2D eigenvalue weighted by molar-refractivity contribution is 0.102. The Kier molecular flexibility index (Phi) is 6.93. The third-order valence-electron chi connectivity index (χ3n) is 3.61. The fraction of sp³-hybridized carbons (Fsp3) is 0.250. The summed E-state index contributed by atoms with van der Waals surface area (Å²) in [5.41, 5.74) is 3.07. The Bertz CT molecular complexity index is 890. The summed E-state index contributed by atoms with van der Waals surface area (Å²) in [4.78, 5) is 13.6. The lowest BCUT2D eigenvalue weighted by Gasteiger charge is -2.05. The predicted molar refractivity (Wildman–Crippen MR) is 116 cm³/mol. The Balaban J connectivity index is 1.55. The van der Waals surface area contributed by atoms with E-state index in [1.807, 2.05) is 24.3 Å².